The lowest BCUT2D eigenvalue weighted by Gasteiger charge is -2.35. The number of hydrogen-bond acceptors (Lipinski definition) is 3. The van der Waals surface area contributed by atoms with E-state index in [4.69, 9.17) is 13.3 Å². The van der Waals surface area contributed by atoms with E-state index in [-0.39, 0.29) is 16.2 Å². The number of furan rings is 3. The summed E-state index contributed by atoms with van der Waals surface area (Å²) >= 11 is 0. The molecule has 0 amide bonds. The molecule has 1 spiro atoms. The van der Waals surface area contributed by atoms with E-state index in [1.807, 2.05) is 0 Å². The minimum atomic E-state index is -0.0186. The zero-order chi connectivity index (χ0) is 74.6. The molecule has 1 saturated carbocycles. The summed E-state index contributed by atoms with van der Waals surface area (Å²) in [5.74, 6) is 2.63. The lowest BCUT2D eigenvalue weighted by molar-refractivity contribution is -0.660. The van der Waals surface area contributed by atoms with Crippen molar-refractivity contribution in [3.63, 3.8) is 0 Å². The number of benzene rings is 9. The molecule has 107 heavy (non-hydrogen) atoms. The van der Waals surface area contributed by atoms with Gasteiger partial charge in [-0.1, -0.05) is 205 Å². The summed E-state index contributed by atoms with van der Waals surface area (Å²) < 4.78 is 26.9. The van der Waals surface area contributed by atoms with E-state index in [9.17, 15) is 0 Å². The van der Waals surface area contributed by atoms with Gasteiger partial charge in [-0.25, -0.2) is 13.7 Å². The lowest BCUT2D eigenvalue weighted by atomic mass is 9.68. The normalized spacial score (nSPS) is 14.8. The van der Waals surface area contributed by atoms with Gasteiger partial charge < -0.3 is 13.3 Å². The Morgan fingerprint density at radius 1 is 0.336 bits per heavy atom. The first kappa shape index (κ1) is 69.8. The molecule has 0 bridgehead atoms. The van der Waals surface area contributed by atoms with Gasteiger partial charge in [-0.15, -0.1) is 0 Å². The van der Waals surface area contributed by atoms with Crippen LogP contribution in [0.1, 0.15) is 206 Å². The molecule has 19 rings (SSSR count). The summed E-state index contributed by atoms with van der Waals surface area (Å²) in [4.78, 5) is 0. The maximum atomic E-state index is 6.83. The second-order valence-corrected chi connectivity index (χ2v) is 34.6. The third kappa shape index (κ3) is 11.1. The van der Waals surface area contributed by atoms with Crippen LogP contribution in [0.25, 0.3) is 133 Å². The van der Waals surface area contributed by atoms with E-state index in [1.165, 1.54) is 192 Å². The van der Waals surface area contributed by atoms with Crippen LogP contribution in [0.15, 0.2) is 214 Å². The Balaban J connectivity index is 0.000000118. The Kier molecular flexibility index (Phi) is 17.0. The van der Waals surface area contributed by atoms with Crippen molar-refractivity contribution >= 4 is 65.8 Å². The van der Waals surface area contributed by atoms with Gasteiger partial charge in [-0.05, 0) is 213 Å². The molecule has 0 saturated heterocycles. The Morgan fingerprint density at radius 2 is 0.673 bits per heavy atom. The Morgan fingerprint density at radius 3 is 1.07 bits per heavy atom. The van der Waals surface area contributed by atoms with Crippen molar-refractivity contribution in [2.45, 2.75) is 176 Å². The molecule has 9 aromatic carbocycles. The molecule has 0 aliphatic heterocycles. The first-order valence-corrected chi connectivity index (χ1v) is 39.7. The van der Waals surface area contributed by atoms with Gasteiger partial charge in [-0.3, -0.25) is 0 Å². The summed E-state index contributed by atoms with van der Waals surface area (Å²) in [5, 5.41) is 7.31. The molecule has 0 atom stereocenters. The molecule has 4 aliphatic carbocycles. The smallest absolute Gasteiger partial charge is 0.216 e. The predicted molar refractivity (Wildman–Crippen MR) is 445 cm³/mol. The van der Waals surface area contributed by atoms with Crippen molar-refractivity contribution in [2.75, 3.05) is 0 Å². The van der Waals surface area contributed by atoms with E-state index in [0.717, 1.165) is 46.3 Å². The van der Waals surface area contributed by atoms with Crippen molar-refractivity contribution in [1.82, 2.24) is 0 Å². The fraction of sp³-hybridized carbons (Fsp3) is 0.317. The van der Waals surface area contributed by atoms with Crippen molar-refractivity contribution in [3.8, 4) is 67.2 Å². The maximum Gasteiger partial charge on any atom is 0.216 e. The SMILES string of the molecule is Cc1ccc2c(oc3cc4c(cc32)C(C)(C)c2ccccc2-4)c1-c1cc(C(C)C)cc[n+]1C.Cc1ccc2c(oc3cc4c(cc32)C(CC(C)C)(CC(C)C)c2ccccc2-4)c1-c1cc(C(C)C)cc[n+]1C.Cc1ccc2c(oc3cc4c(cc32)C2(CCCC2)c2ccccc2-4)c1-c1cc(C(C)C)cc[n+]1C. The van der Waals surface area contributed by atoms with Crippen molar-refractivity contribution in [3.05, 3.63) is 267 Å². The Labute approximate surface area is 632 Å². The van der Waals surface area contributed by atoms with Gasteiger partial charge in [0.15, 0.2) is 18.6 Å². The molecular formula is C101H104N3O3+3. The van der Waals surface area contributed by atoms with E-state index in [2.05, 4.69) is 339 Å². The average molecular weight is 1410 g/mol. The summed E-state index contributed by atoms with van der Waals surface area (Å²) in [7, 11) is 6.39. The van der Waals surface area contributed by atoms with E-state index >= 15 is 0 Å². The second-order valence-electron chi connectivity index (χ2n) is 34.6. The summed E-state index contributed by atoms with van der Waals surface area (Å²) in [5.41, 5.74) is 38.0. The van der Waals surface area contributed by atoms with Crippen molar-refractivity contribution < 1.29 is 27.0 Å². The molecule has 6 nitrogen and oxygen atoms in total. The van der Waals surface area contributed by atoms with E-state index < -0.39 is 0 Å². The van der Waals surface area contributed by atoms with Gasteiger partial charge in [0.25, 0.3) is 0 Å². The number of fused-ring (bicyclic) bond motifs is 20. The van der Waals surface area contributed by atoms with Crippen LogP contribution in [0.4, 0.5) is 0 Å². The fourth-order valence-corrected chi connectivity index (χ4v) is 19.9. The van der Waals surface area contributed by atoms with Gasteiger partial charge in [-0.2, -0.15) is 0 Å². The second kappa shape index (κ2) is 26.1. The highest BCUT2D eigenvalue weighted by atomic mass is 16.3. The number of aromatic nitrogens is 3. The van der Waals surface area contributed by atoms with Crippen LogP contribution in [0.5, 0.6) is 0 Å². The van der Waals surface area contributed by atoms with Gasteiger partial charge in [0.1, 0.15) is 54.6 Å². The zero-order valence-electron chi connectivity index (χ0n) is 66.2. The third-order valence-corrected chi connectivity index (χ3v) is 25.3. The molecule has 6 heterocycles. The predicted octanol–water partition coefficient (Wildman–Crippen LogP) is 26.0. The van der Waals surface area contributed by atoms with Crippen LogP contribution >= 0.6 is 0 Å². The largest absolute Gasteiger partial charge is 0.455 e. The maximum absolute atomic E-state index is 6.83. The molecule has 538 valence electrons. The molecule has 4 aliphatic rings. The number of rotatable bonds is 10. The highest BCUT2D eigenvalue weighted by molar-refractivity contribution is 6.14. The minimum absolute atomic E-state index is 0.0186. The molecule has 0 unspecified atom stereocenters. The molecule has 0 N–H and O–H groups in total. The lowest BCUT2D eigenvalue weighted by Crippen LogP contribution is -2.31. The molecule has 6 aromatic heterocycles. The van der Waals surface area contributed by atoms with Gasteiger partial charge in [0, 0.05) is 85.0 Å². The summed E-state index contributed by atoms with van der Waals surface area (Å²) in [6.07, 6.45) is 14.0. The molecule has 6 heteroatoms. The summed E-state index contributed by atoms with van der Waals surface area (Å²) in [6.45, 7) is 34.3. The van der Waals surface area contributed by atoms with E-state index in [1.54, 1.807) is 0 Å². The minimum Gasteiger partial charge on any atom is -0.455 e. The number of pyridine rings is 3. The highest BCUT2D eigenvalue weighted by Gasteiger charge is 2.47. The van der Waals surface area contributed by atoms with Gasteiger partial charge in [0.2, 0.25) is 17.1 Å². The number of aryl methyl sites for hydroxylation is 6. The van der Waals surface area contributed by atoms with Crippen LogP contribution in [0, 0.1) is 32.6 Å². The number of hydrogen-bond donors (Lipinski definition) is 0. The molecule has 0 radical (unpaired) electrons. The average Bonchev–Trinajstić information content (AvgIpc) is 1.56. The van der Waals surface area contributed by atoms with Crippen molar-refractivity contribution in [2.24, 2.45) is 33.0 Å². The van der Waals surface area contributed by atoms with Crippen LogP contribution in [0.3, 0.4) is 0 Å². The van der Waals surface area contributed by atoms with E-state index in [0.29, 0.717) is 29.6 Å². The van der Waals surface area contributed by atoms with Gasteiger partial charge >= 0.3 is 0 Å². The van der Waals surface area contributed by atoms with Crippen LogP contribution in [0.2, 0.25) is 0 Å². The zero-order valence-corrected chi connectivity index (χ0v) is 66.2. The quantitative estimate of drug-likeness (QED) is 0.128. The van der Waals surface area contributed by atoms with Crippen LogP contribution in [-0.2, 0) is 37.4 Å². The van der Waals surface area contributed by atoms with Crippen LogP contribution in [-0.4, -0.2) is 0 Å². The monoisotopic (exact) mass is 1410 g/mol. The fourth-order valence-electron chi connectivity index (χ4n) is 19.9. The highest BCUT2D eigenvalue weighted by Crippen LogP contribution is 2.60. The standard InChI is InChI=1S/C37H42NO.C33H32NO.C31H30NO/c1-22(2)20-37(21-23(3)4)31-12-10-9-11-27(31)29-19-34-30(18-32(29)37)28-14-13-25(7)35(36(28)39-34)33-17-26(24(5)6)15-16-38(33)8;1-20(2)22-13-16-34(4)29(17-22)31-21(3)11-12-24-26-18-28-25(19-30(26)35-32(24)31)23-9-5-6-10-27(23)33(28)14-7-8-15-33;1-18(2)20-13-14-32(6)27(15-20)29-19(3)11-12-22-24-16-26-23(17-28(24)33-30(22)29)21-9-7-8-10-25(21)31(26,4)5/h9-19,22-24H,20-21H2,1-8H3;5-6,9-13,16-20H,7-8,14-15H2,1-4H3;7-18H,1-6H3/q3*+1. The molecule has 15 aromatic rings. The topological polar surface area (TPSA) is 51.1 Å². The third-order valence-electron chi connectivity index (χ3n) is 25.3. The molecular weight excluding hydrogens is 1300 g/mol. The Hall–Kier alpha value is -10.2. The first-order valence-electron chi connectivity index (χ1n) is 39.7. The Bertz CT molecular complexity index is 6120. The van der Waals surface area contributed by atoms with Crippen molar-refractivity contribution in [1.29, 1.82) is 0 Å². The first-order chi connectivity index (χ1) is 51.3. The van der Waals surface area contributed by atoms with Crippen LogP contribution < -0.4 is 13.7 Å². The molecule has 1 fully saturated rings. The number of nitrogens with zero attached hydrogens (tertiary/aromatic N) is 3. The van der Waals surface area contributed by atoms with Gasteiger partial charge in [0.05, 0.1) is 16.7 Å². The summed E-state index contributed by atoms with van der Waals surface area (Å²) in [6, 6.07) is 68.5.